The first kappa shape index (κ1) is 15.6. The molecule has 0 aliphatic rings. The van der Waals surface area contributed by atoms with Gasteiger partial charge < -0.3 is 17.7 Å². The molecule has 92 valence electrons. The maximum Gasteiger partial charge on any atom is 0.569 e. The maximum absolute atomic E-state index is 5.47. The molecular formula is C8H22O4SSi2. The number of rotatable bonds is 10. The summed E-state index contributed by atoms with van der Waals surface area (Å²) in [6.45, 7) is 3.54. The lowest BCUT2D eigenvalue weighted by molar-refractivity contribution is 0.124. The highest BCUT2D eigenvalue weighted by Gasteiger charge is 2.34. The second-order valence-electron chi connectivity index (χ2n) is 3.04. The molecule has 0 atom stereocenters. The van der Waals surface area contributed by atoms with Gasteiger partial charge in [-0.1, -0.05) is 6.42 Å². The molecule has 0 aromatic carbocycles. The van der Waals surface area contributed by atoms with Crippen LogP contribution in [0.1, 0.15) is 19.8 Å². The van der Waals surface area contributed by atoms with Crippen LogP contribution in [-0.4, -0.2) is 45.2 Å². The summed E-state index contributed by atoms with van der Waals surface area (Å²) in [5, 5.41) is 0. The fraction of sp³-hybridized carbons (Fsp3) is 1.00. The molecule has 0 aliphatic carbocycles. The van der Waals surface area contributed by atoms with Crippen molar-refractivity contribution in [3.05, 3.63) is 0 Å². The lowest BCUT2D eigenvalue weighted by Crippen LogP contribution is -2.38. The smallest absolute Gasteiger partial charge is 0.424 e. The first-order valence-electron chi connectivity index (χ1n) is 5.23. The molecule has 0 unspecified atom stereocenters. The second-order valence-corrected chi connectivity index (χ2v) is 8.36. The van der Waals surface area contributed by atoms with Crippen LogP contribution in [0.4, 0.5) is 0 Å². The third-order valence-corrected chi connectivity index (χ3v) is 6.51. The molecule has 0 aromatic heterocycles. The Bertz CT molecular complexity index is 147. The van der Waals surface area contributed by atoms with Gasteiger partial charge in [0, 0.05) is 27.4 Å². The molecule has 0 saturated carbocycles. The predicted molar refractivity (Wildman–Crippen MR) is 68.9 cm³/mol. The minimum Gasteiger partial charge on any atom is -0.424 e. The van der Waals surface area contributed by atoms with E-state index in [1.54, 1.807) is 14.2 Å². The molecule has 0 aliphatic heterocycles. The summed E-state index contributed by atoms with van der Waals surface area (Å²) in [7, 11) is 0.235. The van der Waals surface area contributed by atoms with Crippen molar-refractivity contribution in [3.8, 4) is 0 Å². The first-order chi connectivity index (χ1) is 7.18. The molecule has 0 amide bonds. The Labute approximate surface area is 101 Å². The van der Waals surface area contributed by atoms with Gasteiger partial charge in [-0.15, -0.1) is 12.1 Å². The second kappa shape index (κ2) is 9.82. The van der Waals surface area contributed by atoms with E-state index in [-0.39, 0.29) is 9.76 Å². The molecule has 0 bridgehead atoms. The van der Waals surface area contributed by atoms with E-state index in [1.165, 1.54) is 6.04 Å². The SMILES string of the molecule is CCO[SiH2]CCCCO[Si](S)(OC)OC. The molecule has 0 fully saturated rings. The topological polar surface area (TPSA) is 36.9 Å². The molecule has 7 heteroatoms. The average Bonchev–Trinajstić information content (AvgIpc) is 2.27. The van der Waals surface area contributed by atoms with Crippen LogP contribution < -0.4 is 0 Å². The van der Waals surface area contributed by atoms with Crippen molar-refractivity contribution in [3.63, 3.8) is 0 Å². The zero-order valence-electron chi connectivity index (χ0n) is 9.82. The van der Waals surface area contributed by atoms with Gasteiger partial charge in [0.1, 0.15) is 0 Å². The number of hydrogen-bond acceptors (Lipinski definition) is 5. The lowest BCUT2D eigenvalue weighted by Gasteiger charge is -2.20. The van der Waals surface area contributed by atoms with Gasteiger partial charge in [-0.3, -0.25) is 0 Å². The molecule has 0 aromatic rings. The highest BCUT2D eigenvalue weighted by atomic mass is 32.3. The summed E-state index contributed by atoms with van der Waals surface area (Å²) in [6, 6.07) is 1.21. The van der Waals surface area contributed by atoms with Gasteiger partial charge in [0.15, 0.2) is 9.76 Å². The van der Waals surface area contributed by atoms with Crippen molar-refractivity contribution in [2.24, 2.45) is 0 Å². The molecule has 0 spiro atoms. The standard InChI is InChI=1S/C8H22O4SSi2/c1-4-11-14-8-6-5-7-12-15(13,9-2)10-3/h13H,4-8,14H2,1-3H3. The van der Waals surface area contributed by atoms with E-state index in [0.717, 1.165) is 19.4 Å². The summed E-state index contributed by atoms with van der Waals surface area (Å²) in [5.74, 6) is 0. The Morgan fingerprint density at radius 2 is 1.87 bits per heavy atom. The van der Waals surface area contributed by atoms with Crippen molar-refractivity contribution in [1.82, 2.24) is 0 Å². The summed E-state index contributed by atoms with van der Waals surface area (Å²) in [4.78, 5) is 0. The maximum atomic E-state index is 5.47. The van der Waals surface area contributed by atoms with Crippen LogP contribution in [0.25, 0.3) is 0 Å². The Morgan fingerprint density at radius 1 is 1.20 bits per heavy atom. The predicted octanol–water partition coefficient (Wildman–Crippen LogP) is 0.980. The van der Waals surface area contributed by atoms with Crippen molar-refractivity contribution in [1.29, 1.82) is 0 Å². The quantitative estimate of drug-likeness (QED) is 0.365. The highest BCUT2D eigenvalue weighted by Crippen LogP contribution is 2.12. The third-order valence-electron chi connectivity index (χ3n) is 1.94. The largest absolute Gasteiger partial charge is 0.569 e. The van der Waals surface area contributed by atoms with Crippen molar-refractivity contribution < 1.29 is 17.7 Å². The highest BCUT2D eigenvalue weighted by molar-refractivity contribution is 8.11. The zero-order chi connectivity index (χ0) is 11.6. The first-order valence-corrected chi connectivity index (χ1v) is 9.82. The summed E-state index contributed by atoms with van der Waals surface area (Å²) >= 11 is 4.23. The number of hydrogen-bond donors (Lipinski definition) is 1. The van der Waals surface area contributed by atoms with Gasteiger partial charge in [0.25, 0.3) is 0 Å². The van der Waals surface area contributed by atoms with Gasteiger partial charge >= 0.3 is 7.95 Å². The Morgan fingerprint density at radius 3 is 2.40 bits per heavy atom. The normalized spacial score (nSPS) is 12.8. The molecular weight excluding hydrogens is 248 g/mol. The van der Waals surface area contributed by atoms with Crippen LogP contribution in [0.5, 0.6) is 0 Å². The van der Waals surface area contributed by atoms with Gasteiger partial charge in [-0.2, -0.15) is 0 Å². The van der Waals surface area contributed by atoms with Crippen LogP contribution in [0.3, 0.4) is 0 Å². The summed E-state index contributed by atoms with van der Waals surface area (Å²) in [6.07, 6.45) is 2.17. The molecule has 0 N–H and O–H groups in total. The van der Waals surface area contributed by atoms with E-state index >= 15 is 0 Å². The summed E-state index contributed by atoms with van der Waals surface area (Å²) in [5.41, 5.74) is 0. The van der Waals surface area contributed by atoms with E-state index in [2.05, 4.69) is 12.1 Å². The number of thiol groups is 1. The van der Waals surface area contributed by atoms with Gasteiger partial charge in [0.2, 0.25) is 0 Å². The van der Waals surface area contributed by atoms with Crippen molar-refractivity contribution in [2.45, 2.75) is 25.8 Å². The van der Waals surface area contributed by atoms with E-state index < -0.39 is 7.95 Å². The van der Waals surface area contributed by atoms with E-state index in [4.69, 9.17) is 17.7 Å². The van der Waals surface area contributed by atoms with E-state index in [9.17, 15) is 0 Å². The fourth-order valence-electron chi connectivity index (χ4n) is 1.03. The van der Waals surface area contributed by atoms with Crippen LogP contribution >= 0.6 is 12.1 Å². The Kier molecular flexibility index (Phi) is 10.2. The van der Waals surface area contributed by atoms with E-state index in [0.29, 0.717) is 6.61 Å². The minimum absolute atomic E-state index is 0.287. The van der Waals surface area contributed by atoms with Crippen LogP contribution in [0, 0.1) is 0 Å². The Hall–Kier alpha value is 0.624. The average molecular weight is 270 g/mol. The zero-order valence-corrected chi connectivity index (χ0v) is 13.1. The van der Waals surface area contributed by atoms with Crippen LogP contribution in [0.15, 0.2) is 0 Å². The monoisotopic (exact) mass is 270 g/mol. The van der Waals surface area contributed by atoms with E-state index in [1.807, 2.05) is 6.92 Å². The molecule has 0 heterocycles. The van der Waals surface area contributed by atoms with Gasteiger partial charge in [0.05, 0.1) is 0 Å². The molecule has 0 radical (unpaired) electrons. The van der Waals surface area contributed by atoms with Crippen molar-refractivity contribution in [2.75, 3.05) is 27.4 Å². The third kappa shape index (κ3) is 8.43. The fourth-order valence-corrected chi connectivity index (χ4v) is 3.16. The van der Waals surface area contributed by atoms with Crippen molar-refractivity contribution >= 4 is 29.8 Å². The molecule has 15 heavy (non-hydrogen) atoms. The minimum atomic E-state index is -2.60. The van der Waals surface area contributed by atoms with Crippen LogP contribution in [-0.2, 0) is 17.7 Å². The number of unbranched alkanes of at least 4 members (excludes halogenated alkanes) is 1. The van der Waals surface area contributed by atoms with Gasteiger partial charge in [-0.05, 0) is 19.4 Å². The molecule has 0 saturated heterocycles. The van der Waals surface area contributed by atoms with Gasteiger partial charge in [-0.25, -0.2) is 0 Å². The van der Waals surface area contributed by atoms with Crippen LogP contribution in [0.2, 0.25) is 6.04 Å². The summed E-state index contributed by atoms with van der Waals surface area (Å²) < 4.78 is 21.0. The molecule has 0 rings (SSSR count). The molecule has 4 nitrogen and oxygen atoms in total. The Balaban J connectivity index is 3.29. The lowest BCUT2D eigenvalue weighted by atomic mass is 10.4.